The molecular weight excluding hydrogens is 638 g/mol. The molecule has 246 valence electrons. The fourth-order valence-corrected chi connectivity index (χ4v) is 6.35. The number of carboxylic acid groups (broad SMARTS) is 2. The number of sulfonamides is 1. The lowest BCUT2D eigenvalue weighted by molar-refractivity contribution is -0.134. The summed E-state index contributed by atoms with van der Waals surface area (Å²) in [7, 11) is -3.52. The summed E-state index contributed by atoms with van der Waals surface area (Å²) < 4.78 is 35.2. The van der Waals surface area contributed by atoms with Gasteiger partial charge in [-0.05, 0) is 55.2 Å². The summed E-state index contributed by atoms with van der Waals surface area (Å²) in [5.41, 5.74) is 8.89. The Morgan fingerprint density at radius 1 is 1.07 bits per heavy atom. The number of aliphatic carboxylic acids is 2. The number of nitrogens with zero attached hydrogens (tertiary/aromatic N) is 4. The second kappa shape index (κ2) is 14.4. The van der Waals surface area contributed by atoms with Crippen LogP contribution in [-0.2, 0) is 25.4 Å². The SMILES string of the molecule is Cc1cc(CS(=O)(=O)N2CCN(c3cnn(-c4cccc(Cl)c4)c(=O)c3OCC3(C)CC3)CC2)ccc1N.O=C(O)/C=C\C(=O)O. The number of aromatic nitrogens is 2. The van der Waals surface area contributed by atoms with E-state index >= 15 is 0 Å². The average molecular weight is 674 g/mol. The fourth-order valence-electron chi connectivity index (χ4n) is 4.67. The predicted octanol–water partition coefficient (Wildman–Crippen LogP) is 3.32. The lowest BCUT2D eigenvalue weighted by Gasteiger charge is -2.35. The molecule has 1 aromatic heterocycles. The molecule has 0 atom stereocenters. The standard InChI is InChI=1S/C27H32ClN5O4S.C4H4O4/c1-19-14-20(6-7-23(19)29)17-38(35,36)32-12-10-31(11-13-32)24-16-30-33(22-5-3-4-21(28)15-22)26(34)25(24)37-18-27(2)8-9-27;5-3(6)1-2-4(7)8/h3-7,14-16H,8-13,17-18,29H2,1-2H3;1-2H,(H,5,6)(H,7,8)/b;2-1-. The Kier molecular flexibility index (Phi) is 10.8. The number of nitrogens with two attached hydrogens (primary N) is 1. The molecule has 4 N–H and O–H groups in total. The van der Waals surface area contributed by atoms with E-state index in [1.165, 1.54) is 8.99 Å². The van der Waals surface area contributed by atoms with Crippen LogP contribution in [0, 0.1) is 12.3 Å². The predicted molar refractivity (Wildman–Crippen MR) is 174 cm³/mol. The van der Waals surface area contributed by atoms with Crippen molar-refractivity contribution < 1.29 is 33.0 Å². The zero-order valence-electron chi connectivity index (χ0n) is 25.4. The molecule has 0 radical (unpaired) electrons. The van der Waals surface area contributed by atoms with Crippen molar-refractivity contribution in [2.24, 2.45) is 5.41 Å². The summed E-state index contributed by atoms with van der Waals surface area (Å²) in [5.74, 6) is -2.38. The maximum Gasteiger partial charge on any atom is 0.328 e. The van der Waals surface area contributed by atoms with Crippen LogP contribution in [0.25, 0.3) is 5.69 Å². The Bertz CT molecular complexity index is 1780. The normalized spacial score (nSPS) is 16.0. The molecule has 1 saturated carbocycles. The number of hydrogen-bond donors (Lipinski definition) is 3. The maximum atomic E-state index is 13.6. The molecule has 0 bridgehead atoms. The first-order chi connectivity index (χ1) is 21.7. The van der Waals surface area contributed by atoms with E-state index in [-0.39, 0.29) is 22.5 Å². The first-order valence-electron chi connectivity index (χ1n) is 14.4. The molecule has 1 aliphatic heterocycles. The molecule has 2 aromatic carbocycles. The maximum absolute atomic E-state index is 13.6. The zero-order valence-corrected chi connectivity index (χ0v) is 27.0. The molecule has 2 fully saturated rings. The first kappa shape index (κ1) is 34.5. The Morgan fingerprint density at radius 2 is 1.72 bits per heavy atom. The van der Waals surface area contributed by atoms with Crippen LogP contribution in [0.2, 0.25) is 5.02 Å². The lowest BCUT2D eigenvalue weighted by Crippen LogP contribution is -2.49. The van der Waals surface area contributed by atoms with E-state index in [4.69, 9.17) is 32.3 Å². The van der Waals surface area contributed by atoms with Crippen molar-refractivity contribution in [2.75, 3.05) is 43.4 Å². The number of benzene rings is 2. The van der Waals surface area contributed by atoms with Crippen LogP contribution in [0.4, 0.5) is 11.4 Å². The number of hydrogen-bond acceptors (Lipinski definition) is 9. The average Bonchev–Trinajstić information content (AvgIpc) is 3.74. The molecule has 0 amide bonds. The monoisotopic (exact) mass is 673 g/mol. The Labute approximate surface area is 271 Å². The highest BCUT2D eigenvalue weighted by Gasteiger charge is 2.39. The van der Waals surface area contributed by atoms with Gasteiger partial charge < -0.3 is 25.6 Å². The second-order valence-corrected chi connectivity index (χ2v) is 13.9. The van der Waals surface area contributed by atoms with Gasteiger partial charge in [0, 0.05) is 54.5 Å². The Hall–Kier alpha value is -4.40. The molecule has 1 aliphatic carbocycles. The van der Waals surface area contributed by atoms with E-state index in [0.29, 0.717) is 72.6 Å². The van der Waals surface area contributed by atoms with Gasteiger partial charge in [0.05, 0.1) is 24.2 Å². The van der Waals surface area contributed by atoms with Gasteiger partial charge in [0.15, 0.2) is 0 Å². The number of rotatable bonds is 10. The largest absolute Gasteiger partial charge is 0.486 e. The summed E-state index contributed by atoms with van der Waals surface area (Å²) in [4.78, 5) is 34.6. The Morgan fingerprint density at radius 3 is 2.28 bits per heavy atom. The van der Waals surface area contributed by atoms with Crippen LogP contribution >= 0.6 is 11.6 Å². The van der Waals surface area contributed by atoms with Gasteiger partial charge in [-0.25, -0.2) is 18.0 Å². The van der Waals surface area contributed by atoms with Crippen LogP contribution in [0.5, 0.6) is 5.75 Å². The molecule has 3 aromatic rings. The van der Waals surface area contributed by atoms with Gasteiger partial charge in [0.2, 0.25) is 15.8 Å². The molecule has 46 heavy (non-hydrogen) atoms. The van der Waals surface area contributed by atoms with Gasteiger partial charge in [-0.3, -0.25) is 4.79 Å². The van der Waals surface area contributed by atoms with E-state index in [1.807, 2.05) is 17.9 Å². The number of carboxylic acids is 2. The zero-order chi connectivity index (χ0) is 33.6. The van der Waals surface area contributed by atoms with Crippen molar-refractivity contribution in [3.63, 3.8) is 0 Å². The number of anilines is 2. The summed E-state index contributed by atoms with van der Waals surface area (Å²) in [5, 5.41) is 20.5. The minimum absolute atomic E-state index is 0.0705. The molecule has 13 nitrogen and oxygen atoms in total. The molecule has 5 rings (SSSR count). The smallest absolute Gasteiger partial charge is 0.328 e. The van der Waals surface area contributed by atoms with Gasteiger partial charge in [0.25, 0.3) is 0 Å². The van der Waals surface area contributed by atoms with Gasteiger partial charge in [-0.15, -0.1) is 0 Å². The van der Waals surface area contributed by atoms with Crippen molar-refractivity contribution >= 4 is 44.9 Å². The van der Waals surface area contributed by atoms with E-state index in [9.17, 15) is 22.8 Å². The van der Waals surface area contributed by atoms with Crippen molar-refractivity contribution in [1.29, 1.82) is 0 Å². The number of nitrogen functional groups attached to an aromatic ring is 1. The van der Waals surface area contributed by atoms with Crippen molar-refractivity contribution in [3.05, 3.63) is 87.3 Å². The highest BCUT2D eigenvalue weighted by atomic mass is 35.5. The molecule has 2 aliphatic rings. The van der Waals surface area contributed by atoms with Crippen LogP contribution in [0.3, 0.4) is 0 Å². The third-order valence-corrected chi connectivity index (χ3v) is 9.75. The highest BCUT2D eigenvalue weighted by Crippen LogP contribution is 2.45. The van der Waals surface area contributed by atoms with E-state index in [1.54, 1.807) is 42.6 Å². The van der Waals surface area contributed by atoms with E-state index in [2.05, 4.69) is 12.0 Å². The number of ether oxygens (including phenoxy) is 1. The third kappa shape index (κ3) is 9.08. The summed E-state index contributed by atoms with van der Waals surface area (Å²) >= 11 is 6.14. The highest BCUT2D eigenvalue weighted by molar-refractivity contribution is 7.88. The van der Waals surface area contributed by atoms with Crippen molar-refractivity contribution in [2.45, 2.75) is 32.4 Å². The van der Waals surface area contributed by atoms with Crippen LogP contribution in [0.15, 0.2) is 65.6 Å². The number of aryl methyl sites for hydroxylation is 1. The summed E-state index contributed by atoms with van der Waals surface area (Å²) in [6.45, 7) is 5.85. The molecule has 2 heterocycles. The lowest BCUT2D eigenvalue weighted by atomic mass is 10.1. The van der Waals surface area contributed by atoms with Gasteiger partial charge in [-0.2, -0.15) is 14.1 Å². The van der Waals surface area contributed by atoms with Gasteiger partial charge >= 0.3 is 17.5 Å². The first-order valence-corrected chi connectivity index (χ1v) is 16.4. The molecule has 0 unspecified atom stereocenters. The third-order valence-electron chi connectivity index (χ3n) is 7.66. The number of carbonyl (C=O) groups is 2. The summed E-state index contributed by atoms with van der Waals surface area (Å²) in [6, 6.07) is 12.2. The fraction of sp³-hybridized carbons (Fsp3) is 0.355. The summed E-state index contributed by atoms with van der Waals surface area (Å²) in [6.07, 6.45) is 4.85. The van der Waals surface area contributed by atoms with E-state index < -0.39 is 22.0 Å². The minimum atomic E-state index is -3.52. The number of piperazine rings is 1. The molecular formula is C31H36ClN5O8S. The van der Waals surface area contributed by atoms with Crippen LogP contribution in [-0.4, -0.2) is 77.4 Å². The van der Waals surface area contributed by atoms with Gasteiger partial charge in [-0.1, -0.05) is 36.7 Å². The van der Waals surface area contributed by atoms with Crippen LogP contribution < -0.4 is 20.9 Å². The number of halogens is 1. The van der Waals surface area contributed by atoms with Crippen molar-refractivity contribution in [3.8, 4) is 11.4 Å². The van der Waals surface area contributed by atoms with Crippen LogP contribution in [0.1, 0.15) is 30.9 Å². The van der Waals surface area contributed by atoms with Gasteiger partial charge in [0.1, 0.15) is 5.69 Å². The topological polar surface area (TPSA) is 185 Å². The van der Waals surface area contributed by atoms with Crippen molar-refractivity contribution in [1.82, 2.24) is 14.1 Å². The minimum Gasteiger partial charge on any atom is -0.486 e. The second-order valence-electron chi connectivity index (χ2n) is 11.5. The van der Waals surface area contributed by atoms with E-state index in [0.717, 1.165) is 18.4 Å². The molecule has 0 spiro atoms. The molecule has 15 heteroatoms. The Balaban J connectivity index is 0.000000533. The quantitative estimate of drug-likeness (QED) is 0.212. The molecule has 1 saturated heterocycles.